The molecule has 0 radical (unpaired) electrons. The van der Waals surface area contributed by atoms with E-state index in [1.807, 2.05) is 0 Å². The first-order valence-corrected chi connectivity index (χ1v) is 5.63. The van der Waals surface area contributed by atoms with Crippen LogP contribution in [0.1, 0.15) is 17.3 Å². The Morgan fingerprint density at radius 2 is 2.26 bits per heavy atom. The molecule has 0 amide bonds. The smallest absolute Gasteiger partial charge is 0.341 e. The van der Waals surface area contributed by atoms with E-state index < -0.39 is 11.8 Å². The van der Waals surface area contributed by atoms with Gasteiger partial charge in [-0.1, -0.05) is 6.07 Å². The fraction of sp³-hybridized carbons (Fsp3) is 0.154. The molecule has 0 unspecified atom stereocenters. The van der Waals surface area contributed by atoms with Crippen molar-refractivity contribution in [1.82, 2.24) is 9.97 Å². The molecule has 2 aromatic rings. The third-order valence-corrected chi connectivity index (χ3v) is 2.49. The predicted molar refractivity (Wildman–Crippen MR) is 66.2 cm³/mol. The second kappa shape index (κ2) is 5.43. The van der Waals surface area contributed by atoms with Gasteiger partial charge in [0.15, 0.2) is 0 Å². The topological polar surface area (TPSA) is 72.0 Å². The summed E-state index contributed by atoms with van der Waals surface area (Å²) in [6, 6.07) is 3.87. The lowest BCUT2D eigenvalue weighted by molar-refractivity contribution is 0.0521. The number of H-pyrrole nitrogens is 1. The zero-order valence-electron chi connectivity index (χ0n) is 10.1. The molecule has 6 heteroatoms. The van der Waals surface area contributed by atoms with Crippen LogP contribution in [-0.4, -0.2) is 22.5 Å². The van der Waals surface area contributed by atoms with Crippen molar-refractivity contribution >= 4 is 5.97 Å². The maximum absolute atomic E-state index is 13.8. The van der Waals surface area contributed by atoms with Gasteiger partial charge < -0.3 is 9.72 Å². The van der Waals surface area contributed by atoms with Crippen LogP contribution in [0, 0.1) is 5.82 Å². The molecule has 1 N–H and O–H groups in total. The van der Waals surface area contributed by atoms with E-state index in [9.17, 15) is 14.0 Å². The molecule has 0 spiro atoms. The number of carbonyl (C=O) groups is 1. The van der Waals surface area contributed by atoms with Gasteiger partial charge in [0, 0.05) is 6.20 Å². The van der Waals surface area contributed by atoms with Crippen molar-refractivity contribution < 1.29 is 13.9 Å². The zero-order chi connectivity index (χ0) is 13.8. The minimum Gasteiger partial charge on any atom is -0.462 e. The summed E-state index contributed by atoms with van der Waals surface area (Å²) in [5.41, 5.74) is 0.0425. The standard InChI is InChI=1S/C13H11FN2O3/c1-2-19-13(18)9-4-3-8(5-11(9)14)10-6-15-7-16-12(10)17/h3-7H,2H2,1H3,(H,15,16,17). The first-order valence-electron chi connectivity index (χ1n) is 5.63. The number of hydrogen-bond donors (Lipinski definition) is 1. The lowest BCUT2D eigenvalue weighted by atomic mass is 10.1. The highest BCUT2D eigenvalue weighted by atomic mass is 19.1. The molecule has 1 aromatic carbocycles. The highest BCUT2D eigenvalue weighted by molar-refractivity contribution is 5.90. The van der Waals surface area contributed by atoms with Gasteiger partial charge in [-0.05, 0) is 24.6 Å². The second-order valence-electron chi connectivity index (χ2n) is 3.71. The van der Waals surface area contributed by atoms with Crippen LogP contribution in [0.4, 0.5) is 4.39 Å². The lowest BCUT2D eigenvalue weighted by Crippen LogP contribution is -2.10. The Bertz CT molecular complexity index is 667. The molecule has 2 rings (SSSR count). The largest absolute Gasteiger partial charge is 0.462 e. The minimum atomic E-state index is -0.737. The molecule has 0 aliphatic heterocycles. The van der Waals surface area contributed by atoms with E-state index in [1.54, 1.807) is 6.92 Å². The van der Waals surface area contributed by atoms with E-state index in [1.165, 1.54) is 24.7 Å². The number of aromatic amines is 1. The summed E-state index contributed by atoms with van der Waals surface area (Å²) in [7, 11) is 0. The number of carbonyl (C=O) groups excluding carboxylic acids is 1. The molecule has 0 fully saturated rings. The number of nitrogens with zero attached hydrogens (tertiary/aromatic N) is 1. The number of nitrogens with one attached hydrogen (secondary N) is 1. The highest BCUT2D eigenvalue weighted by Gasteiger charge is 2.14. The average Bonchev–Trinajstić information content (AvgIpc) is 2.39. The molecule has 98 valence electrons. The van der Waals surface area contributed by atoms with Crippen LogP contribution < -0.4 is 5.56 Å². The van der Waals surface area contributed by atoms with Crippen LogP contribution >= 0.6 is 0 Å². The van der Waals surface area contributed by atoms with Crippen molar-refractivity contribution in [3.8, 4) is 11.1 Å². The number of halogens is 1. The first kappa shape index (κ1) is 12.9. The van der Waals surface area contributed by atoms with E-state index in [-0.39, 0.29) is 23.3 Å². The van der Waals surface area contributed by atoms with E-state index in [0.29, 0.717) is 5.56 Å². The van der Waals surface area contributed by atoms with Crippen LogP contribution in [0.3, 0.4) is 0 Å². The molecule has 19 heavy (non-hydrogen) atoms. The Morgan fingerprint density at radius 3 is 2.89 bits per heavy atom. The fourth-order valence-electron chi connectivity index (χ4n) is 1.61. The van der Waals surface area contributed by atoms with Gasteiger partial charge in [0.25, 0.3) is 5.56 Å². The van der Waals surface area contributed by atoms with E-state index in [4.69, 9.17) is 4.74 Å². The highest BCUT2D eigenvalue weighted by Crippen LogP contribution is 2.18. The van der Waals surface area contributed by atoms with Crippen LogP contribution in [0.25, 0.3) is 11.1 Å². The van der Waals surface area contributed by atoms with Crippen LogP contribution in [0.2, 0.25) is 0 Å². The third-order valence-electron chi connectivity index (χ3n) is 2.49. The Labute approximate surface area is 108 Å². The molecule has 0 aliphatic rings. The van der Waals surface area contributed by atoms with Gasteiger partial charge in [-0.15, -0.1) is 0 Å². The molecule has 0 atom stereocenters. The average molecular weight is 262 g/mol. The number of hydrogen-bond acceptors (Lipinski definition) is 4. The molecule has 0 saturated heterocycles. The molecule has 1 heterocycles. The minimum absolute atomic E-state index is 0.161. The molecular weight excluding hydrogens is 251 g/mol. The molecular formula is C13H11FN2O3. The van der Waals surface area contributed by atoms with Crippen molar-refractivity contribution in [3.05, 3.63) is 52.5 Å². The molecule has 0 aliphatic carbocycles. The van der Waals surface area contributed by atoms with Crippen LogP contribution in [-0.2, 0) is 4.74 Å². The molecule has 1 aromatic heterocycles. The van der Waals surface area contributed by atoms with E-state index >= 15 is 0 Å². The van der Waals surface area contributed by atoms with Crippen molar-refractivity contribution in [3.63, 3.8) is 0 Å². The Hall–Kier alpha value is -2.50. The van der Waals surface area contributed by atoms with Gasteiger partial charge in [0.2, 0.25) is 0 Å². The first-order chi connectivity index (χ1) is 9.13. The second-order valence-corrected chi connectivity index (χ2v) is 3.71. The number of rotatable bonds is 3. The van der Waals surface area contributed by atoms with Crippen LogP contribution in [0.15, 0.2) is 35.5 Å². The quantitative estimate of drug-likeness (QED) is 0.855. The normalized spacial score (nSPS) is 10.2. The van der Waals surface area contributed by atoms with E-state index in [2.05, 4.69) is 9.97 Å². The SMILES string of the molecule is CCOC(=O)c1ccc(-c2cnc[nH]c2=O)cc1F. The van der Waals surface area contributed by atoms with Gasteiger partial charge in [-0.25, -0.2) is 14.2 Å². The van der Waals surface area contributed by atoms with Crippen molar-refractivity contribution in [2.24, 2.45) is 0 Å². The third kappa shape index (κ3) is 2.67. The summed E-state index contributed by atoms with van der Waals surface area (Å²) in [6.45, 7) is 1.81. The molecule has 0 saturated carbocycles. The van der Waals surface area contributed by atoms with Gasteiger partial charge in [-0.3, -0.25) is 4.79 Å². The lowest BCUT2D eigenvalue weighted by Gasteiger charge is -2.05. The van der Waals surface area contributed by atoms with Crippen LogP contribution in [0.5, 0.6) is 0 Å². The Balaban J connectivity index is 2.42. The Morgan fingerprint density at radius 1 is 1.47 bits per heavy atom. The summed E-state index contributed by atoms with van der Waals surface area (Å²) in [5.74, 6) is -1.47. The van der Waals surface area contributed by atoms with Gasteiger partial charge >= 0.3 is 5.97 Å². The monoisotopic (exact) mass is 262 g/mol. The van der Waals surface area contributed by atoms with Crippen molar-refractivity contribution in [2.75, 3.05) is 6.61 Å². The maximum atomic E-state index is 13.8. The summed E-state index contributed by atoms with van der Waals surface area (Å²) in [5, 5.41) is 0. The van der Waals surface area contributed by atoms with E-state index in [0.717, 1.165) is 6.07 Å². The van der Waals surface area contributed by atoms with Gasteiger partial charge in [0.1, 0.15) is 5.82 Å². The predicted octanol–water partition coefficient (Wildman–Crippen LogP) is 1.75. The summed E-state index contributed by atoms with van der Waals surface area (Å²) < 4.78 is 18.5. The van der Waals surface area contributed by atoms with Gasteiger partial charge in [-0.2, -0.15) is 0 Å². The summed E-state index contributed by atoms with van der Waals surface area (Å²) in [4.78, 5) is 29.1. The molecule has 5 nitrogen and oxygen atoms in total. The Kier molecular flexibility index (Phi) is 3.70. The number of esters is 1. The number of ether oxygens (including phenoxy) is 1. The summed E-state index contributed by atoms with van der Waals surface area (Å²) in [6.07, 6.45) is 2.58. The van der Waals surface area contributed by atoms with Crippen molar-refractivity contribution in [2.45, 2.75) is 6.92 Å². The summed E-state index contributed by atoms with van der Waals surface area (Å²) >= 11 is 0. The van der Waals surface area contributed by atoms with Gasteiger partial charge in [0.05, 0.1) is 24.1 Å². The fourth-order valence-corrected chi connectivity index (χ4v) is 1.61. The maximum Gasteiger partial charge on any atom is 0.341 e. The zero-order valence-corrected chi connectivity index (χ0v) is 10.1. The number of benzene rings is 1. The van der Waals surface area contributed by atoms with Crippen molar-refractivity contribution in [1.29, 1.82) is 0 Å². The molecule has 0 bridgehead atoms. The number of aromatic nitrogens is 2.